The van der Waals surface area contributed by atoms with Crippen LogP contribution in [0.5, 0.6) is 5.88 Å². The van der Waals surface area contributed by atoms with Gasteiger partial charge in [-0.25, -0.2) is 4.98 Å². The Morgan fingerprint density at radius 1 is 1.09 bits per heavy atom. The van der Waals surface area contributed by atoms with Crippen LogP contribution in [0.1, 0.15) is 39.2 Å². The summed E-state index contributed by atoms with van der Waals surface area (Å²) in [5.74, 6) is 2.26. The highest BCUT2D eigenvalue weighted by atomic mass is 16.5. The number of aromatic nitrogens is 2. The predicted octanol–water partition coefficient (Wildman–Crippen LogP) is 4.09. The van der Waals surface area contributed by atoms with Crippen molar-refractivity contribution in [3.63, 3.8) is 0 Å². The lowest BCUT2D eigenvalue weighted by atomic mass is 9.91. The molecule has 1 aromatic carbocycles. The lowest BCUT2D eigenvalue weighted by Gasteiger charge is -2.46. The minimum atomic E-state index is 0.0995. The quantitative estimate of drug-likeness (QED) is 0.608. The third-order valence-electron chi connectivity index (χ3n) is 6.75. The molecule has 2 aliphatic heterocycles. The van der Waals surface area contributed by atoms with Crippen LogP contribution in [0.4, 0.5) is 5.82 Å². The lowest BCUT2D eigenvalue weighted by molar-refractivity contribution is 0.0717. The summed E-state index contributed by atoms with van der Waals surface area (Å²) in [5, 5.41) is 8.97. The molecule has 176 valence electrons. The van der Waals surface area contributed by atoms with Gasteiger partial charge in [0.25, 0.3) is 0 Å². The van der Waals surface area contributed by atoms with Crippen LogP contribution in [-0.4, -0.2) is 59.4 Å². The molecule has 2 atom stereocenters. The number of nitrogens with one attached hydrogen (secondary N) is 1. The highest BCUT2D eigenvalue weighted by Gasteiger charge is 2.34. The van der Waals surface area contributed by atoms with E-state index in [2.05, 4.69) is 64.2 Å². The van der Waals surface area contributed by atoms with Gasteiger partial charge < -0.3 is 19.5 Å². The molecule has 0 bridgehead atoms. The maximum atomic E-state index is 6.06. The van der Waals surface area contributed by atoms with E-state index in [0.29, 0.717) is 12.0 Å². The maximum absolute atomic E-state index is 6.06. The number of nitrogens with zero attached hydrogens (tertiary/aromatic N) is 4. The van der Waals surface area contributed by atoms with E-state index in [4.69, 9.17) is 9.26 Å². The van der Waals surface area contributed by atoms with E-state index in [0.717, 1.165) is 62.0 Å². The number of rotatable bonds is 6. The van der Waals surface area contributed by atoms with Gasteiger partial charge in [-0.1, -0.05) is 23.4 Å². The number of fused-ring (bicyclic) bond motifs is 2. The molecule has 0 saturated carbocycles. The van der Waals surface area contributed by atoms with Crippen LogP contribution >= 0.6 is 0 Å². The van der Waals surface area contributed by atoms with Crippen molar-refractivity contribution in [2.24, 2.45) is 5.92 Å². The van der Waals surface area contributed by atoms with Crippen LogP contribution in [0.15, 0.2) is 47.1 Å². The Labute approximate surface area is 196 Å². The van der Waals surface area contributed by atoms with E-state index >= 15 is 0 Å². The van der Waals surface area contributed by atoms with Crippen molar-refractivity contribution in [1.82, 2.24) is 20.4 Å². The predicted molar refractivity (Wildman–Crippen MR) is 131 cm³/mol. The summed E-state index contributed by atoms with van der Waals surface area (Å²) >= 11 is 0. The highest BCUT2D eigenvalue weighted by Crippen LogP contribution is 2.31. The molecule has 0 radical (unpaired) electrons. The topological polar surface area (TPSA) is 66.7 Å². The smallest absolute Gasteiger partial charge is 0.213 e. The average Bonchev–Trinajstić information content (AvgIpc) is 3.25. The molecule has 1 N–H and O–H groups in total. The van der Waals surface area contributed by atoms with Gasteiger partial charge in [0.05, 0.1) is 12.0 Å². The third-order valence-corrected chi connectivity index (χ3v) is 6.75. The summed E-state index contributed by atoms with van der Waals surface area (Å²) in [6.45, 7) is 12.2. The van der Waals surface area contributed by atoms with Gasteiger partial charge in [-0.3, -0.25) is 4.90 Å². The van der Waals surface area contributed by atoms with Crippen molar-refractivity contribution in [2.75, 3.05) is 37.7 Å². The molecule has 0 amide bonds. The first-order valence-corrected chi connectivity index (χ1v) is 12.1. The third kappa shape index (κ3) is 5.31. The Morgan fingerprint density at radius 2 is 1.97 bits per heavy atom. The van der Waals surface area contributed by atoms with E-state index in [1.807, 2.05) is 24.4 Å². The number of benzene rings is 1. The minimum Gasteiger partial charge on any atom is -0.477 e. The van der Waals surface area contributed by atoms with Gasteiger partial charge in [-0.05, 0) is 51.3 Å². The molecule has 2 saturated heterocycles. The first-order chi connectivity index (χ1) is 15.9. The number of hydrogen-bond acceptors (Lipinski definition) is 7. The molecule has 7 heteroatoms. The first kappa shape index (κ1) is 22.2. The first-order valence-electron chi connectivity index (χ1n) is 12.1. The second kappa shape index (κ2) is 9.31. The largest absolute Gasteiger partial charge is 0.477 e. The van der Waals surface area contributed by atoms with E-state index in [1.165, 1.54) is 18.4 Å². The summed E-state index contributed by atoms with van der Waals surface area (Å²) in [6.07, 6.45) is 4.28. The molecule has 5 rings (SSSR count). The standard InChI is InChI=1S/C26H35N5O2/c1-26(2,3)28-15-19-9-11-24(27-14-19)32-18-20-8-10-21-17-31(13-12-30(21)16-20)25-22-6-4-5-7-23(22)33-29-25/h4-7,9,11,14,20-21,28H,8,10,12-13,15-18H2,1-3H3/t20-,21+/m1/s1. The molecule has 0 aliphatic carbocycles. The van der Waals surface area contributed by atoms with Gasteiger partial charge in [0.2, 0.25) is 5.88 Å². The molecule has 0 unspecified atom stereocenters. The molecule has 2 aliphatic rings. The number of piperazine rings is 1. The fraction of sp³-hybridized carbons (Fsp3) is 0.538. The Kier molecular flexibility index (Phi) is 6.25. The molecule has 2 aromatic heterocycles. The van der Waals surface area contributed by atoms with Crippen molar-refractivity contribution in [3.8, 4) is 5.88 Å². The van der Waals surface area contributed by atoms with Crippen molar-refractivity contribution >= 4 is 16.8 Å². The van der Waals surface area contributed by atoms with Gasteiger partial charge in [-0.2, -0.15) is 0 Å². The molecular formula is C26H35N5O2. The molecule has 3 aromatic rings. The highest BCUT2D eigenvalue weighted by molar-refractivity contribution is 5.88. The summed E-state index contributed by atoms with van der Waals surface area (Å²) in [6, 6.07) is 12.8. The van der Waals surface area contributed by atoms with Crippen LogP contribution in [0.3, 0.4) is 0 Å². The number of anilines is 1. The van der Waals surface area contributed by atoms with Crippen LogP contribution in [0, 0.1) is 5.92 Å². The number of ether oxygens (including phenoxy) is 1. The van der Waals surface area contributed by atoms with Crippen molar-refractivity contribution in [3.05, 3.63) is 48.2 Å². The number of piperidine rings is 1. The summed E-state index contributed by atoms with van der Waals surface area (Å²) in [4.78, 5) is 9.53. The van der Waals surface area contributed by atoms with E-state index in [9.17, 15) is 0 Å². The Balaban J connectivity index is 1.11. The van der Waals surface area contributed by atoms with Crippen LogP contribution in [0.2, 0.25) is 0 Å². The second-order valence-electron chi connectivity index (χ2n) is 10.5. The van der Waals surface area contributed by atoms with Crippen molar-refractivity contribution in [1.29, 1.82) is 0 Å². The minimum absolute atomic E-state index is 0.0995. The number of pyridine rings is 1. The zero-order valence-corrected chi connectivity index (χ0v) is 20.0. The van der Waals surface area contributed by atoms with Gasteiger partial charge in [0.15, 0.2) is 11.4 Å². The zero-order chi connectivity index (χ0) is 22.8. The maximum Gasteiger partial charge on any atom is 0.213 e. The summed E-state index contributed by atoms with van der Waals surface area (Å²) in [5.41, 5.74) is 2.14. The Bertz CT molecular complexity index is 1060. The van der Waals surface area contributed by atoms with Gasteiger partial charge in [-0.15, -0.1) is 0 Å². The monoisotopic (exact) mass is 449 g/mol. The summed E-state index contributed by atoms with van der Waals surface area (Å²) < 4.78 is 11.6. The average molecular weight is 450 g/mol. The number of hydrogen-bond donors (Lipinski definition) is 1. The van der Waals surface area contributed by atoms with Gasteiger partial charge in [0, 0.05) is 62.5 Å². The fourth-order valence-electron chi connectivity index (χ4n) is 4.86. The van der Waals surface area contributed by atoms with Crippen molar-refractivity contribution < 1.29 is 9.26 Å². The molecule has 7 nitrogen and oxygen atoms in total. The lowest BCUT2D eigenvalue weighted by Crippen LogP contribution is -2.57. The molecule has 2 fully saturated rings. The normalized spacial score (nSPS) is 21.8. The Hall–Kier alpha value is -2.64. The van der Waals surface area contributed by atoms with Gasteiger partial charge in [0.1, 0.15) is 0 Å². The molecule has 4 heterocycles. The molecule has 33 heavy (non-hydrogen) atoms. The molecule has 0 spiro atoms. The van der Waals surface area contributed by atoms with Crippen LogP contribution < -0.4 is 15.0 Å². The van der Waals surface area contributed by atoms with Crippen molar-refractivity contribution in [2.45, 2.75) is 51.7 Å². The fourth-order valence-corrected chi connectivity index (χ4v) is 4.86. The summed E-state index contributed by atoms with van der Waals surface area (Å²) in [7, 11) is 0. The molecular weight excluding hydrogens is 414 g/mol. The van der Waals surface area contributed by atoms with Gasteiger partial charge >= 0.3 is 0 Å². The van der Waals surface area contributed by atoms with Crippen LogP contribution in [0.25, 0.3) is 11.0 Å². The van der Waals surface area contributed by atoms with E-state index in [1.54, 1.807) is 0 Å². The van der Waals surface area contributed by atoms with E-state index < -0.39 is 0 Å². The second-order valence-corrected chi connectivity index (χ2v) is 10.5. The SMILES string of the molecule is CC(C)(C)NCc1ccc(OC[C@@H]2CC[C@H]3CN(c4noc5ccccc45)CCN3C2)nc1. The van der Waals surface area contributed by atoms with Crippen LogP contribution in [-0.2, 0) is 6.54 Å². The zero-order valence-electron chi connectivity index (χ0n) is 20.0. The number of para-hydroxylation sites is 1. The Morgan fingerprint density at radius 3 is 2.79 bits per heavy atom. The van der Waals surface area contributed by atoms with E-state index in [-0.39, 0.29) is 5.54 Å².